The van der Waals surface area contributed by atoms with Crippen molar-refractivity contribution in [2.45, 2.75) is 24.4 Å². The third kappa shape index (κ3) is 3.02. The van der Waals surface area contributed by atoms with Crippen LogP contribution in [0.4, 0.5) is 0 Å². The first-order valence-electron chi connectivity index (χ1n) is 4.37. The summed E-state index contributed by atoms with van der Waals surface area (Å²) >= 11 is 0. The van der Waals surface area contributed by atoms with Crippen LogP contribution in [0.5, 0.6) is 0 Å². The van der Waals surface area contributed by atoms with E-state index in [1.54, 1.807) is 0 Å². The molecule has 0 aliphatic rings. The van der Waals surface area contributed by atoms with Gasteiger partial charge in [-0.25, -0.2) is 0 Å². The number of rotatable bonds is 5. The van der Waals surface area contributed by atoms with E-state index in [9.17, 15) is 0 Å². The molecule has 0 aromatic carbocycles. The topological polar surface area (TPSA) is 121 Å². The zero-order chi connectivity index (χ0) is 11.5. The molecule has 6 nitrogen and oxygen atoms in total. The minimum atomic E-state index is -2.05. The van der Waals surface area contributed by atoms with Gasteiger partial charge in [0.05, 0.1) is 15.9 Å². The fraction of sp³-hybridized carbons (Fsp3) is 1.00. The molecule has 0 aliphatic carbocycles. The average molecular weight is 184 g/mol. The molecule has 0 aromatic heterocycles. The molecule has 6 atom stereocenters. The lowest BCUT2D eigenvalue weighted by Crippen LogP contribution is -2.46. The van der Waals surface area contributed by atoms with E-state index in [-0.39, 0.29) is 0 Å². The number of hydrogen-bond donors (Lipinski definition) is 6. The fourth-order valence-electron chi connectivity index (χ4n) is 0.580. The van der Waals surface area contributed by atoms with Crippen LogP contribution < -0.4 is 0 Å². The van der Waals surface area contributed by atoms with Gasteiger partial charge in [0.25, 0.3) is 0 Å². The largest absolute Gasteiger partial charge is 0.394 e. The van der Waals surface area contributed by atoms with Crippen molar-refractivity contribution in [1.82, 2.24) is 0 Å². The molecular weight excluding hydrogens is 168 g/mol. The summed E-state index contributed by atoms with van der Waals surface area (Å²) in [4.78, 5) is 0. The van der Waals surface area contributed by atoms with Gasteiger partial charge in [0.2, 0.25) is 0 Å². The quantitative estimate of drug-likeness (QED) is 0.263. The van der Waals surface area contributed by atoms with E-state index >= 15 is 0 Å². The second-order valence-corrected chi connectivity index (χ2v) is 2.26. The maximum Gasteiger partial charge on any atom is 0.111 e. The van der Waals surface area contributed by atoms with E-state index in [1.807, 2.05) is 0 Å². The Bertz CT molecular complexity index is 148. The van der Waals surface area contributed by atoms with E-state index in [2.05, 4.69) is 0 Å². The van der Waals surface area contributed by atoms with Crippen molar-refractivity contribution in [3.05, 3.63) is 0 Å². The van der Waals surface area contributed by atoms with Gasteiger partial charge in [0.15, 0.2) is 0 Å². The summed E-state index contributed by atoms with van der Waals surface area (Å²) in [5.41, 5.74) is 0. The van der Waals surface area contributed by atoms with Gasteiger partial charge in [-0.05, 0) is 0 Å². The summed E-state index contributed by atoms with van der Waals surface area (Å²) in [5, 5.41) is 52.9. The highest BCUT2D eigenvalue weighted by Crippen LogP contribution is 2.03. The summed E-state index contributed by atoms with van der Waals surface area (Å²) in [7, 11) is 0. The third-order valence-corrected chi connectivity index (χ3v) is 1.36. The molecule has 0 rings (SSSR count). The van der Waals surface area contributed by atoms with Crippen molar-refractivity contribution >= 4 is 0 Å². The van der Waals surface area contributed by atoms with E-state index in [0.717, 1.165) is 0 Å². The molecule has 0 saturated carbocycles. The van der Waals surface area contributed by atoms with Crippen molar-refractivity contribution in [2.75, 3.05) is 13.2 Å². The first-order valence-corrected chi connectivity index (χ1v) is 3.22. The summed E-state index contributed by atoms with van der Waals surface area (Å²) in [6.45, 7) is -4.09. The summed E-state index contributed by atoms with van der Waals surface area (Å²) in [6, 6.07) is 0. The molecule has 12 heavy (non-hydrogen) atoms. The molecule has 74 valence electrons. The predicted molar refractivity (Wildman–Crippen MR) is 38.2 cm³/mol. The number of aliphatic hydroxyl groups excluding tert-OH is 6. The zero-order valence-corrected chi connectivity index (χ0v) is 6.15. The van der Waals surface area contributed by atoms with Crippen LogP contribution >= 0.6 is 0 Å². The standard InChI is InChI=1S/C6H14O6/c7-1-3(9)5(11)6(12)4(10)2-8/h3-12H,1-2H2/t3-,4-,5-,6-/m1/s1/i1D,2D/t1?,2?,3-,4-,5-,6-. The van der Waals surface area contributed by atoms with Gasteiger partial charge in [0.1, 0.15) is 24.4 Å². The zero-order valence-electron chi connectivity index (χ0n) is 8.15. The van der Waals surface area contributed by atoms with E-state index in [1.165, 1.54) is 0 Å². The van der Waals surface area contributed by atoms with Crippen LogP contribution in [0.1, 0.15) is 2.74 Å². The molecule has 0 aliphatic heterocycles. The third-order valence-electron chi connectivity index (χ3n) is 1.36. The Hall–Kier alpha value is -0.240. The Balaban J connectivity index is 4.30. The lowest BCUT2D eigenvalue weighted by Gasteiger charge is -2.24. The van der Waals surface area contributed by atoms with Crippen molar-refractivity contribution < 1.29 is 33.4 Å². The number of aliphatic hydroxyl groups is 6. The van der Waals surface area contributed by atoms with Crippen LogP contribution in [0.15, 0.2) is 0 Å². The van der Waals surface area contributed by atoms with Gasteiger partial charge >= 0.3 is 0 Å². The van der Waals surface area contributed by atoms with Gasteiger partial charge in [-0.1, -0.05) is 0 Å². The van der Waals surface area contributed by atoms with Gasteiger partial charge in [-0.3, -0.25) is 0 Å². The smallest absolute Gasteiger partial charge is 0.111 e. The van der Waals surface area contributed by atoms with Crippen LogP contribution in [-0.2, 0) is 0 Å². The van der Waals surface area contributed by atoms with Crippen molar-refractivity contribution in [3.63, 3.8) is 0 Å². The number of hydrogen-bond acceptors (Lipinski definition) is 6. The molecule has 0 spiro atoms. The second-order valence-electron chi connectivity index (χ2n) is 2.26. The molecule has 0 heterocycles. The summed E-state index contributed by atoms with van der Waals surface area (Å²) in [5.74, 6) is 0. The molecule has 6 N–H and O–H groups in total. The fourth-order valence-corrected chi connectivity index (χ4v) is 0.580. The molecule has 0 amide bonds. The molecular formula is C6H14O6. The Labute approximate surface area is 72.1 Å². The van der Waals surface area contributed by atoms with E-state index in [0.29, 0.717) is 0 Å². The van der Waals surface area contributed by atoms with Crippen LogP contribution in [0.2, 0.25) is 0 Å². The van der Waals surface area contributed by atoms with Crippen molar-refractivity contribution in [1.29, 1.82) is 0 Å². The van der Waals surface area contributed by atoms with Crippen LogP contribution in [0, 0.1) is 0 Å². The summed E-state index contributed by atoms with van der Waals surface area (Å²) < 4.78 is 13.2. The van der Waals surface area contributed by atoms with E-state index in [4.69, 9.17) is 33.4 Å². The first kappa shape index (κ1) is 8.36. The molecule has 0 radical (unpaired) electrons. The van der Waals surface area contributed by atoms with Gasteiger partial charge in [0, 0.05) is 0 Å². The minimum absolute atomic E-state index is 1.99. The Morgan fingerprint density at radius 3 is 1.25 bits per heavy atom. The van der Waals surface area contributed by atoms with Crippen molar-refractivity contribution in [2.24, 2.45) is 0 Å². The Kier molecular flexibility index (Phi) is 3.77. The van der Waals surface area contributed by atoms with Crippen LogP contribution in [0.25, 0.3) is 0 Å². The molecule has 0 fully saturated rings. The Morgan fingerprint density at radius 1 is 0.833 bits per heavy atom. The lowest BCUT2D eigenvalue weighted by atomic mass is 10.0. The van der Waals surface area contributed by atoms with Gasteiger partial charge in [-0.2, -0.15) is 0 Å². The van der Waals surface area contributed by atoms with Crippen LogP contribution in [0.3, 0.4) is 0 Å². The maximum absolute atomic E-state index is 9.04. The SMILES string of the molecule is [2H]C(O)[C@@H](O)[C@@H](O)[C@H](O)[C@H](O)C([2H])O. The summed E-state index contributed by atoms with van der Waals surface area (Å²) in [6.07, 6.45) is -8.01. The maximum atomic E-state index is 9.04. The monoisotopic (exact) mass is 184 g/mol. The molecule has 2 unspecified atom stereocenters. The Morgan fingerprint density at radius 2 is 1.08 bits per heavy atom. The normalized spacial score (nSPS) is 29.2. The van der Waals surface area contributed by atoms with E-state index < -0.39 is 37.6 Å². The molecule has 0 aromatic rings. The molecule has 0 bridgehead atoms. The lowest BCUT2D eigenvalue weighted by molar-refractivity contribution is -0.123. The average Bonchev–Trinajstić information content (AvgIpc) is 2.12. The predicted octanol–water partition coefficient (Wildman–Crippen LogP) is -3.59. The first-order chi connectivity index (χ1) is 6.29. The highest BCUT2D eigenvalue weighted by atomic mass is 16.4. The second kappa shape index (κ2) is 5.41. The highest BCUT2D eigenvalue weighted by Gasteiger charge is 2.29. The molecule has 6 heteroatoms. The van der Waals surface area contributed by atoms with Crippen LogP contribution in [-0.4, -0.2) is 68.2 Å². The van der Waals surface area contributed by atoms with Gasteiger partial charge < -0.3 is 30.6 Å². The minimum Gasteiger partial charge on any atom is -0.394 e. The molecule has 0 saturated heterocycles. The van der Waals surface area contributed by atoms with Crippen molar-refractivity contribution in [3.8, 4) is 0 Å². The van der Waals surface area contributed by atoms with Gasteiger partial charge in [-0.15, -0.1) is 0 Å². The highest BCUT2D eigenvalue weighted by molar-refractivity contribution is 4.79.